The van der Waals surface area contributed by atoms with Gasteiger partial charge in [0, 0.05) is 18.3 Å². The lowest BCUT2D eigenvalue weighted by Crippen LogP contribution is -2.03. The van der Waals surface area contributed by atoms with Crippen molar-refractivity contribution in [3.63, 3.8) is 0 Å². The molecule has 2 heterocycles. The van der Waals surface area contributed by atoms with E-state index in [-0.39, 0.29) is 12.4 Å². The van der Waals surface area contributed by atoms with Gasteiger partial charge in [-0.3, -0.25) is 4.98 Å². The number of pyridine rings is 1. The van der Waals surface area contributed by atoms with E-state index in [1.807, 2.05) is 6.20 Å². The lowest BCUT2D eigenvalue weighted by molar-refractivity contribution is 0.614. The van der Waals surface area contributed by atoms with Crippen molar-refractivity contribution in [2.75, 3.05) is 5.73 Å². The first-order chi connectivity index (χ1) is 10.3. The second kappa shape index (κ2) is 8.25. The molecule has 0 bridgehead atoms. The molecule has 118 valence electrons. The van der Waals surface area contributed by atoms with Gasteiger partial charge in [-0.25, -0.2) is 0 Å². The smallest absolute Gasteiger partial charge is 0.203 e. The lowest BCUT2D eigenvalue weighted by atomic mass is 9.88. The number of rotatable bonds is 5. The van der Waals surface area contributed by atoms with Crippen molar-refractivity contribution in [3.05, 3.63) is 46.7 Å². The number of nitrogens with two attached hydrogens (primary N) is 1. The molecular formula is C16H21ClN4S. The largest absolute Gasteiger partial charge is 0.374 e. The van der Waals surface area contributed by atoms with E-state index in [9.17, 15) is 0 Å². The van der Waals surface area contributed by atoms with E-state index in [1.165, 1.54) is 35.4 Å². The van der Waals surface area contributed by atoms with Crippen LogP contribution in [0.2, 0.25) is 0 Å². The number of aromatic nitrogens is 3. The van der Waals surface area contributed by atoms with E-state index in [4.69, 9.17) is 5.73 Å². The van der Waals surface area contributed by atoms with Gasteiger partial charge in [0.2, 0.25) is 5.13 Å². The molecule has 0 aromatic carbocycles. The number of allylic oxidation sites excluding steroid dienone is 2. The van der Waals surface area contributed by atoms with Gasteiger partial charge >= 0.3 is 0 Å². The molecule has 1 aliphatic rings. The summed E-state index contributed by atoms with van der Waals surface area (Å²) in [5.74, 6) is 0.666. The van der Waals surface area contributed by atoms with Gasteiger partial charge in [-0.2, -0.15) is 0 Å². The molecule has 0 fully saturated rings. The molecule has 4 nitrogen and oxygen atoms in total. The SMILES string of the molecule is Cl.Nc1nnc(CCCc2cc(C3CC=CCC3)ccn2)s1. The molecule has 2 aromatic rings. The zero-order valence-corrected chi connectivity index (χ0v) is 14.1. The lowest BCUT2D eigenvalue weighted by Gasteiger charge is -2.18. The fraction of sp³-hybridized carbons (Fsp3) is 0.438. The number of nitrogen functional groups attached to an aromatic ring is 1. The summed E-state index contributed by atoms with van der Waals surface area (Å²) in [5, 5.41) is 9.46. The Balaban J connectivity index is 0.00000176. The molecule has 3 rings (SSSR count). The molecule has 1 atom stereocenters. The standard InChI is InChI=1S/C16H20N4S.ClH/c17-16-20-19-15(21-16)8-4-7-14-11-13(9-10-18-14)12-5-2-1-3-6-12;/h1-2,9-12H,3-8H2,(H2,17,20);1H. The Morgan fingerprint density at radius 2 is 2.14 bits per heavy atom. The van der Waals surface area contributed by atoms with E-state index < -0.39 is 0 Å². The zero-order valence-electron chi connectivity index (χ0n) is 12.4. The number of hydrogen-bond acceptors (Lipinski definition) is 5. The van der Waals surface area contributed by atoms with Crippen LogP contribution in [0.5, 0.6) is 0 Å². The van der Waals surface area contributed by atoms with Crippen molar-refractivity contribution < 1.29 is 0 Å². The monoisotopic (exact) mass is 336 g/mol. The molecule has 22 heavy (non-hydrogen) atoms. The van der Waals surface area contributed by atoms with Crippen LogP contribution in [-0.2, 0) is 12.8 Å². The van der Waals surface area contributed by atoms with E-state index >= 15 is 0 Å². The summed E-state index contributed by atoms with van der Waals surface area (Å²) < 4.78 is 0. The van der Waals surface area contributed by atoms with E-state index in [0.29, 0.717) is 11.0 Å². The normalized spacial score (nSPS) is 17.2. The molecule has 0 amide bonds. The van der Waals surface area contributed by atoms with Crippen molar-refractivity contribution in [2.24, 2.45) is 0 Å². The maximum absolute atomic E-state index is 5.59. The van der Waals surface area contributed by atoms with Crippen molar-refractivity contribution in [3.8, 4) is 0 Å². The Hall–Kier alpha value is -1.46. The van der Waals surface area contributed by atoms with Crippen molar-refractivity contribution in [2.45, 2.75) is 44.4 Å². The van der Waals surface area contributed by atoms with Gasteiger partial charge in [0.15, 0.2) is 0 Å². The third-order valence-electron chi connectivity index (χ3n) is 3.89. The predicted octanol–water partition coefficient (Wildman–Crippen LogP) is 3.94. The molecule has 0 aliphatic heterocycles. The minimum atomic E-state index is 0. The van der Waals surface area contributed by atoms with Crippen molar-refractivity contribution in [1.29, 1.82) is 0 Å². The highest BCUT2D eigenvalue weighted by Crippen LogP contribution is 2.29. The van der Waals surface area contributed by atoms with E-state index in [1.54, 1.807) is 0 Å². The average Bonchev–Trinajstić information content (AvgIpc) is 2.94. The molecule has 2 aromatic heterocycles. The van der Waals surface area contributed by atoms with Crippen LogP contribution in [0.3, 0.4) is 0 Å². The van der Waals surface area contributed by atoms with Gasteiger partial charge in [0.05, 0.1) is 0 Å². The summed E-state index contributed by atoms with van der Waals surface area (Å²) in [7, 11) is 0. The molecule has 2 N–H and O–H groups in total. The van der Waals surface area contributed by atoms with Crippen molar-refractivity contribution >= 4 is 28.9 Å². The van der Waals surface area contributed by atoms with Gasteiger partial charge in [-0.1, -0.05) is 23.5 Å². The van der Waals surface area contributed by atoms with Crippen molar-refractivity contribution in [1.82, 2.24) is 15.2 Å². The Labute approximate surface area is 141 Å². The summed E-state index contributed by atoms with van der Waals surface area (Å²) >= 11 is 1.48. The Kier molecular flexibility index (Phi) is 6.34. The van der Waals surface area contributed by atoms with Crippen LogP contribution in [0.25, 0.3) is 0 Å². The number of hydrogen-bond donors (Lipinski definition) is 1. The Bertz CT molecular complexity index is 626. The van der Waals surface area contributed by atoms with Crippen LogP contribution in [0, 0.1) is 0 Å². The second-order valence-electron chi connectivity index (χ2n) is 5.45. The van der Waals surface area contributed by atoms with Crippen LogP contribution in [0.4, 0.5) is 5.13 Å². The van der Waals surface area contributed by atoms with E-state index in [0.717, 1.165) is 30.7 Å². The molecule has 1 unspecified atom stereocenters. The van der Waals surface area contributed by atoms with Crippen LogP contribution in [0.15, 0.2) is 30.5 Å². The Morgan fingerprint density at radius 3 is 2.86 bits per heavy atom. The third-order valence-corrected chi connectivity index (χ3v) is 4.70. The van der Waals surface area contributed by atoms with Gasteiger partial charge < -0.3 is 5.73 Å². The molecule has 6 heteroatoms. The first kappa shape index (κ1) is 16.9. The van der Waals surface area contributed by atoms with E-state index in [2.05, 4.69) is 39.5 Å². The Morgan fingerprint density at radius 1 is 1.23 bits per heavy atom. The highest BCUT2D eigenvalue weighted by molar-refractivity contribution is 7.15. The first-order valence-corrected chi connectivity index (χ1v) is 8.30. The molecule has 0 spiro atoms. The van der Waals surface area contributed by atoms with Gasteiger partial charge in [-0.05, 0) is 55.7 Å². The average molecular weight is 337 g/mol. The molecule has 0 saturated carbocycles. The number of halogens is 1. The molecule has 0 radical (unpaired) electrons. The summed E-state index contributed by atoms with van der Waals surface area (Å²) in [4.78, 5) is 4.50. The molecule has 0 saturated heterocycles. The molecular weight excluding hydrogens is 316 g/mol. The summed E-state index contributed by atoms with van der Waals surface area (Å²) in [6.07, 6.45) is 13.1. The van der Waals surface area contributed by atoms with Gasteiger partial charge in [0.1, 0.15) is 5.01 Å². The van der Waals surface area contributed by atoms with Crippen LogP contribution in [0.1, 0.15) is 47.9 Å². The predicted molar refractivity (Wildman–Crippen MR) is 93.6 cm³/mol. The third kappa shape index (κ3) is 4.52. The van der Waals surface area contributed by atoms with Crippen LogP contribution in [-0.4, -0.2) is 15.2 Å². The fourth-order valence-corrected chi connectivity index (χ4v) is 3.42. The summed E-state index contributed by atoms with van der Waals surface area (Å²) in [5.41, 5.74) is 8.21. The minimum Gasteiger partial charge on any atom is -0.374 e. The van der Waals surface area contributed by atoms with Crippen LogP contribution < -0.4 is 5.73 Å². The summed E-state index contributed by atoms with van der Waals surface area (Å²) in [6, 6.07) is 4.44. The summed E-state index contributed by atoms with van der Waals surface area (Å²) in [6.45, 7) is 0. The molecule has 1 aliphatic carbocycles. The topological polar surface area (TPSA) is 64.7 Å². The quantitative estimate of drug-likeness (QED) is 0.840. The van der Waals surface area contributed by atoms with Gasteiger partial charge in [0.25, 0.3) is 0 Å². The van der Waals surface area contributed by atoms with Gasteiger partial charge in [-0.15, -0.1) is 22.6 Å². The zero-order chi connectivity index (χ0) is 14.5. The maximum Gasteiger partial charge on any atom is 0.203 e. The fourth-order valence-electron chi connectivity index (χ4n) is 2.77. The maximum atomic E-state index is 5.59. The first-order valence-electron chi connectivity index (χ1n) is 7.49. The second-order valence-corrected chi connectivity index (χ2v) is 6.54. The number of anilines is 1. The highest BCUT2D eigenvalue weighted by Gasteiger charge is 2.13. The number of aryl methyl sites for hydroxylation is 2. The minimum absolute atomic E-state index is 0. The highest BCUT2D eigenvalue weighted by atomic mass is 35.5. The number of nitrogens with zero attached hydrogens (tertiary/aromatic N) is 3. The van der Waals surface area contributed by atoms with Crippen LogP contribution >= 0.6 is 23.7 Å².